The number of nitrogens with zero attached hydrogens (tertiary/aromatic N) is 2. The lowest BCUT2D eigenvalue weighted by molar-refractivity contribution is 0.262. The standard InChI is InChI=1S/C12H18N3/c1-9(2)7-15-4-3-12-10(8-15)5-11(13)6-14-12/h5-6H,3-4,7-8,13H2,1-2H3. The molecule has 0 fully saturated rings. The predicted molar refractivity (Wildman–Crippen MR) is 62.2 cm³/mol. The van der Waals surface area contributed by atoms with Crippen LogP contribution in [0, 0.1) is 5.92 Å². The average molecular weight is 204 g/mol. The Morgan fingerprint density at radius 3 is 3.07 bits per heavy atom. The molecular weight excluding hydrogens is 186 g/mol. The Labute approximate surface area is 91.3 Å². The van der Waals surface area contributed by atoms with E-state index in [0.29, 0.717) is 0 Å². The quantitative estimate of drug-likeness (QED) is 0.796. The van der Waals surface area contributed by atoms with E-state index < -0.39 is 0 Å². The van der Waals surface area contributed by atoms with E-state index in [1.165, 1.54) is 17.2 Å². The van der Waals surface area contributed by atoms with Crippen molar-refractivity contribution >= 4 is 5.69 Å². The van der Waals surface area contributed by atoms with Gasteiger partial charge in [0.25, 0.3) is 0 Å². The Hall–Kier alpha value is -1.09. The van der Waals surface area contributed by atoms with Gasteiger partial charge in [-0.25, -0.2) is 0 Å². The molecule has 0 aromatic carbocycles. The van der Waals surface area contributed by atoms with E-state index >= 15 is 0 Å². The van der Waals surface area contributed by atoms with Crippen molar-refractivity contribution in [3.05, 3.63) is 29.4 Å². The molecule has 2 N–H and O–H groups in total. The van der Waals surface area contributed by atoms with Crippen LogP contribution in [0.4, 0.5) is 5.69 Å². The molecule has 1 aliphatic heterocycles. The van der Waals surface area contributed by atoms with E-state index in [-0.39, 0.29) is 0 Å². The van der Waals surface area contributed by atoms with Gasteiger partial charge in [0, 0.05) is 31.7 Å². The third-order valence-electron chi connectivity index (χ3n) is 2.68. The Morgan fingerprint density at radius 2 is 2.33 bits per heavy atom. The molecule has 0 bridgehead atoms. The summed E-state index contributed by atoms with van der Waals surface area (Å²) in [5.74, 6) is 1.45. The molecule has 2 rings (SSSR count). The van der Waals surface area contributed by atoms with E-state index in [4.69, 9.17) is 5.73 Å². The first-order chi connectivity index (χ1) is 7.15. The SMILES string of the molecule is C[C](C)CN1CCc2ncc(N)cc2C1. The van der Waals surface area contributed by atoms with Crippen LogP contribution in [0.3, 0.4) is 0 Å². The lowest BCUT2D eigenvalue weighted by Gasteiger charge is -2.29. The average Bonchev–Trinajstić information content (AvgIpc) is 2.16. The van der Waals surface area contributed by atoms with Gasteiger partial charge in [-0.15, -0.1) is 0 Å². The summed E-state index contributed by atoms with van der Waals surface area (Å²) in [6.07, 6.45) is 2.80. The monoisotopic (exact) mass is 204 g/mol. The third kappa shape index (κ3) is 2.48. The highest BCUT2D eigenvalue weighted by atomic mass is 15.1. The van der Waals surface area contributed by atoms with Crippen LogP contribution in [0.1, 0.15) is 25.1 Å². The van der Waals surface area contributed by atoms with Gasteiger partial charge in [0.05, 0.1) is 11.9 Å². The lowest BCUT2D eigenvalue weighted by atomic mass is 10.0. The molecule has 0 saturated heterocycles. The van der Waals surface area contributed by atoms with Crippen LogP contribution in [0.25, 0.3) is 0 Å². The van der Waals surface area contributed by atoms with Crippen LogP contribution in [0.5, 0.6) is 0 Å². The molecule has 0 unspecified atom stereocenters. The molecular formula is C12H18N3. The van der Waals surface area contributed by atoms with E-state index in [2.05, 4.69) is 29.8 Å². The number of anilines is 1. The van der Waals surface area contributed by atoms with Crippen LogP contribution in [-0.2, 0) is 13.0 Å². The van der Waals surface area contributed by atoms with Gasteiger partial charge in [-0.05, 0) is 17.5 Å². The maximum Gasteiger partial charge on any atom is 0.0504 e. The number of aromatic nitrogens is 1. The molecule has 1 aromatic heterocycles. The van der Waals surface area contributed by atoms with E-state index in [1.54, 1.807) is 6.20 Å². The summed E-state index contributed by atoms with van der Waals surface area (Å²) in [4.78, 5) is 6.82. The number of rotatable bonds is 2. The second-order valence-corrected chi connectivity index (χ2v) is 4.54. The van der Waals surface area contributed by atoms with E-state index in [9.17, 15) is 0 Å². The lowest BCUT2D eigenvalue weighted by Crippen LogP contribution is -2.33. The maximum atomic E-state index is 5.74. The summed E-state index contributed by atoms with van der Waals surface area (Å²) in [6, 6.07) is 2.06. The van der Waals surface area contributed by atoms with Crippen LogP contribution < -0.4 is 5.73 Å². The third-order valence-corrected chi connectivity index (χ3v) is 2.68. The summed E-state index contributed by atoms with van der Waals surface area (Å²) in [7, 11) is 0. The molecule has 2 heterocycles. The van der Waals surface area contributed by atoms with Gasteiger partial charge in [0.15, 0.2) is 0 Å². The Balaban J connectivity index is 2.11. The normalized spacial score (nSPS) is 16.7. The summed E-state index contributed by atoms with van der Waals surface area (Å²) < 4.78 is 0. The van der Waals surface area contributed by atoms with Gasteiger partial charge in [-0.2, -0.15) is 0 Å². The first kappa shape index (κ1) is 10.4. The number of pyridine rings is 1. The predicted octanol–water partition coefficient (Wildman–Crippen LogP) is 1.64. The summed E-state index contributed by atoms with van der Waals surface area (Å²) in [5, 5.41) is 0. The van der Waals surface area contributed by atoms with Crippen molar-refractivity contribution in [2.75, 3.05) is 18.8 Å². The molecule has 0 amide bonds. The van der Waals surface area contributed by atoms with Crippen LogP contribution in [-0.4, -0.2) is 23.0 Å². The van der Waals surface area contributed by atoms with Crippen molar-refractivity contribution in [3.63, 3.8) is 0 Å². The van der Waals surface area contributed by atoms with Gasteiger partial charge in [0.2, 0.25) is 0 Å². The fraction of sp³-hybridized carbons (Fsp3) is 0.500. The molecule has 1 radical (unpaired) electrons. The Bertz CT molecular complexity index is 347. The van der Waals surface area contributed by atoms with Gasteiger partial charge < -0.3 is 5.73 Å². The summed E-state index contributed by atoms with van der Waals surface area (Å²) in [6.45, 7) is 7.52. The topological polar surface area (TPSA) is 42.2 Å². The number of nitrogens with two attached hydrogens (primary N) is 1. The highest BCUT2D eigenvalue weighted by Crippen LogP contribution is 2.19. The Kier molecular flexibility index (Phi) is 2.91. The van der Waals surface area contributed by atoms with E-state index in [1.807, 2.05) is 0 Å². The van der Waals surface area contributed by atoms with Crippen molar-refractivity contribution in [3.8, 4) is 0 Å². The molecule has 1 aromatic rings. The first-order valence-corrected chi connectivity index (χ1v) is 5.40. The fourth-order valence-corrected chi connectivity index (χ4v) is 2.09. The van der Waals surface area contributed by atoms with Gasteiger partial charge in [-0.3, -0.25) is 9.88 Å². The second-order valence-electron chi connectivity index (χ2n) is 4.54. The van der Waals surface area contributed by atoms with Gasteiger partial charge in [0.1, 0.15) is 0 Å². The summed E-state index contributed by atoms with van der Waals surface area (Å²) in [5.41, 5.74) is 9.02. The van der Waals surface area contributed by atoms with Gasteiger partial charge >= 0.3 is 0 Å². The maximum absolute atomic E-state index is 5.74. The van der Waals surface area contributed by atoms with Crippen molar-refractivity contribution < 1.29 is 0 Å². The molecule has 3 heteroatoms. The van der Waals surface area contributed by atoms with Crippen LogP contribution >= 0.6 is 0 Å². The number of hydrogen-bond donors (Lipinski definition) is 1. The largest absolute Gasteiger partial charge is 0.397 e. The van der Waals surface area contributed by atoms with Crippen molar-refractivity contribution in [1.29, 1.82) is 0 Å². The van der Waals surface area contributed by atoms with E-state index in [0.717, 1.165) is 31.7 Å². The number of fused-ring (bicyclic) bond motifs is 1. The molecule has 0 spiro atoms. The zero-order valence-corrected chi connectivity index (χ0v) is 9.45. The highest BCUT2D eigenvalue weighted by Gasteiger charge is 2.17. The minimum atomic E-state index is 0.771. The number of nitrogen functional groups attached to an aromatic ring is 1. The second kappa shape index (κ2) is 4.19. The molecule has 3 nitrogen and oxygen atoms in total. The van der Waals surface area contributed by atoms with Crippen LogP contribution in [0.15, 0.2) is 12.3 Å². The molecule has 15 heavy (non-hydrogen) atoms. The minimum absolute atomic E-state index is 0.771. The zero-order valence-electron chi connectivity index (χ0n) is 9.45. The zero-order chi connectivity index (χ0) is 10.8. The molecule has 0 atom stereocenters. The first-order valence-electron chi connectivity index (χ1n) is 5.40. The number of hydrogen-bond acceptors (Lipinski definition) is 3. The van der Waals surface area contributed by atoms with Crippen molar-refractivity contribution in [1.82, 2.24) is 9.88 Å². The summed E-state index contributed by atoms with van der Waals surface area (Å²) >= 11 is 0. The molecule has 81 valence electrons. The van der Waals surface area contributed by atoms with Crippen molar-refractivity contribution in [2.24, 2.45) is 0 Å². The highest BCUT2D eigenvalue weighted by molar-refractivity contribution is 5.40. The van der Waals surface area contributed by atoms with Crippen molar-refractivity contribution in [2.45, 2.75) is 26.8 Å². The molecule has 1 aliphatic rings. The molecule has 0 aliphatic carbocycles. The van der Waals surface area contributed by atoms with Crippen LogP contribution in [0.2, 0.25) is 0 Å². The Morgan fingerprint density at radius 1 is 1.53 bits per heavy atom. The molecule has 0 saturated carbocycles. The minimum Gasteiger partial charge on any atom is -0.397 e. The fourth-order valence-electron chi connectivity index (χ4n) is 2.09. The van der Waals surface area contributed by atoms with Gasteiger partial charge in [-0.1, -0.05) is 13.8 Å². The smallest absolute Gasteiger partial charge is 0.0504 e.